The first-order chi connectivity index (χ1) is 9.47. The van der Waals surface area contributed by atoms with E-state index < -0.39 is 11.6 Å². The number of carbonyl (C=O) groups excluding carboxylic acids is 1. The van der Waals surface area contributed by atoms with Crippen molar-refractivity contribution in [1.29, 1.82) is 0 Å². The third-order valence-electron chi connectivity index (χ3n) is 2.62. The molecule has 0 saturated heterocycles. The lowest BCUT2D eigenvalue weighted by molar-refractivity contribution is 0.0951. The molecule has 2 rings (SSSR count). The number of hydrogen-bond acceptors (Lipinski definition) is 1. The Balaban J connectivity index is 2.04. The molecule has 20 heavy (non-hydrogen) atoms. The van der Waals surface area contributed by atoms with Gasteiger partial charge in [-0.2, -0.15) is 0 Å². The second-order valence-corrected chi connectivity index (χ2v) is 5.32. The van der Waals surface area contributed by atoms with E-state index in [4.69, 9.17) is 11.6 Å². The maximum absolute atomic E-state index is 13.0. The third-order valence-corrected chi connectivity index (χ3v) is 3.85. The number of benzene rings is 2. The van der Waals surface area contributed by atoms with Crippen molar-refractivity contribution in [3.63, 3.8) is 0 Å². The van der Waals surface area contributed by atoms with E-state index in [0.29, 0.717) is 20.6 Å². The van der Waals surface area contributed by atoms with Crippen molar-refractivity contribution in [3.8, 4) is 0 Å². The predicted octanol–water partition coefficient (Wildman–Crippen LogP) is 4.31. The molecule has 0 saturated carbocycles. The van der Waals surface area contributed by atoms with Crippen LogP contribution in [0.4, 0.5) is 8.78 Å². The average Bonchev–Trinajstić information content (AvgIpc) is 2.43. The first-order valence-electron chi connectivity index (χ1n) is 5.64. The Bertz CT molecular complexity index is 664. The Morgan fingerprint density at radius 1 is 1.15 bits per heavy atom. The molecule has 2 aromatic carbocycles. The van der Waals surface area contributed by atoms with Gasteiger partial charge in [-0.1, -0.05) is 17.7 Å². The van der Waals surface area contributed by atoms with Gasteiger partial charge in [-0.05, 0) is 51.8 Å². The maximum atomic E-state index is 13.0. The Kier molecular flexibility index (Phi) is 4.73. The first-order valence-corrected chi connectivity index (χ1v) is 6.81. The van der Waals surface area contributed by atoms with Gasteiger partial charge in [0.2, 0.25) is 0 Å². The zero-order valence-corrected chi connectivity index (χ0v) is 12.4. The van der Waals surface area contributed by atoms with Crippen molar-refractivity contribution >= 4 is 33.4 Å². The summed E-state index contributed by atoms with van der Waals surface area (Å²) in [5.74, 6) is -2.20. The van der Waals surface area contributed by atoms with Crippen LogP contribution in [-0.2, 0) is 6.54 Å². The van der Waals surface area contributed by atoms with Crippen molar-refractivity contribution in [1.82, 2.24) is 5.32 Å². The predicted molar refractivity (Wildman–Crippen MR) is 76.7 cm³/mol. The Hall–Kier alpha value is -1.46. The average molecular weight is 361 g/mol. The summed E-state index contributed by atoms with van der Waals surface area (Å²) in [5.41, 5.74) is 0.862. The van der Waals surface area contributed by atoms with Crippen molar-refractivity contribution in [2.45, 2.75) is 6.54 Å². The van der Waals surface area contributed by atoms with Gasteiger partial charge < -0.3 is 5.32 Å². The number of carbonyl (C=O) groups is 1. The normalized spacial score (nSPS) is 10.4. The molecule has 0 aliphatic carbocycles. The zero-order chi connectivity index (χ0) is 14.7. The molecular formula is C14H9BrClF2NO. The van der Waals surface area contributed by atoms with E-state index in [0.717, 1.165) is 12.1 Å². The molecule has 0 bridgehead atoms. The van der Waals surface area contributed by atoms with Crippen LogP contribution < -0.4 is 5.32 Å². The molecule has 1 N–H and O–H groups in total. The summed E-state index contributed by atoms with van der Waals surface area (Å²) < 4.78 is 26.5. The van der Waals surface area contributed by atoms with E-state index >= 15 is 0 Å². The summed E-state index contributed by atoms with van der Waals surface area (Å²) in [6.07, 6.45) is 0. The number of hydrogen-bond donors (Lipinski definition) is 1. The number of rotatable bonds is 3. The van der Waals surface area contributed by atoms with E-state index in [2.05, 4.69) is 21.2 Å². The van der Waals surface area contributed by atoms with Gasteiger partial charge in [0, 0.05) is 16.6 Å². The van der Waals surface area contributed by atoms with Crippen LogP contribution in [0.3, 0.4) is 0 Å². The molecule has 0 heterocycles. The lowest BCUT2D eigenvalue weighted by Gasteiger charge is -2.07. The maximum Gasteiger partial charge on any atom is 0.251 e. The summed E-state index contributed by atoms with van der Waals surface area (Å²) in [4.78, 5) is 11.9. The van der Waals surface area contributed by atoms with Crippen LogP contribution >= 0.6 is 27.5 Å². The fraction of sp³-hybridized carbons (Fsp3) is 0.0714. The minimum atomic E-state index is -0.941. The highest BCUT2D eigenvalue weighted by molar-refractivity contribution is 9.10. The summed E-state index contributed by atoms with van der Waals surface area (Å²) in [7, 11) is 0. The van der Waals surface area contributed by atoms with Gasteiger partial charge in [-0.3, -0.25) is 4.79 Å². The van der Waals surface area contributed by atoms with Gasteiger partial charge in [0.1, 0.15) is 0 Å². The zero-order valence-electron chi connectivity index (χ0n) is 10.1. The summed E-state index contributed by atoms with van der Waals surface area (Å²) in [6.45, 7) is 0.101. The number of amides is 1. The Morgan fingerprint density at radius 3 is 2.55 bits per heavy atom. The van der Waals surface area contributed by atoms with Crippen LogP contribution in [0.2, 0.25) is 5.02 Å². The van der Waals surface area contributed by atoms with Gasteiger partial charge in [-0.25, -0.2) is 8.78 Å². The lowest BCUT2D eigenvalue weighted by atomic mass is 10.2. The summed E-state index contributed by atoms with van der Waals surface area (Å²) in [6, 6.07) is 8.27. The highest BCUT2D eigenvalue weighted by atomic mass is 79.9. The molecule has 0 atom stereocenters. The largest absolute Gasteiger partial charge is 0.348 e. The molecule has 104 valence electrons. The third kappa shape index (κ3) is 3.55. The molecule has 0 radical (unpaired) electrons. The summed E-state index contributed by atoms with van der Waals surface area (Å²) >= 11 is 9.12. The van der Waals surface area contributed by atoms with E-state index in [1.807, 2.05) is 0 Å². The number of halogens is 4. The second-order valence-electron chi connectivity index (χ2n) is 4.06. The molecule has 2 nitrogen and oxygen atoms in total. The first kappa shape index (κ1) is 14.9. The molecule has 6 heteroatoms. The molecule has 0 spiro atoms. The van der Waals surface area contributed by atoms with Crippen molar-refractivity contribution < 1.29 is 13.6 Å². The standard InChI is InChI=1S/C14H9BrClF2NO/c15-10-3-2-9(6-11(10)16)14(20)19-7-8-1-4-12(17)13(18)5-8/h1-6H,7H2,(H,19,20). The van der Waals surface area contributed by atoms with Crippen LogP contribution in [0.25, 0.3) is 0 Å². The number of nitrogens with one attached hydrogen (secondary N) is 1. The molecule has 2 aromatic rings. The second kappa shape index (κ2) is 6.33. The van der Waals surface area contributed by atoms with Crippen molar-refractivity contribution in [2.75, 3.05) is 0 Å². The molecular weight excluding hydrogens is 352 g/mol. The topological polar surface area (TPSA) is 29.1 Å². The molecule has 0 aliphatic rings. The minimum absolute atomic E-state index is 0.101. The molecule has 0 fully saturated rings. The van der Waals surface area contributed by atoms with Crippen LogP contribution in [-0.4, -0.2) is 5.91 Å². The molecule has 0 aliphatic heterocycles. The Labute approximate surface area is 127 Å². The van der Waals surface area contributed by atoms with Crippen LogP contribution in [0.1, 0.15) is 15.9 Å². The molecule has 0 unspecified atom stereocenters. The van der Waals surface area contributed by atoms with Crippen LogP contribution in [0, 0.1) is 11.6 Å². The van der Waals surface area contributed by atoms with E-state index in [-0.39, 0.29) is 12.5 Å². The monoisotopic (exact) mass is 359 g/mol. The highest BCUT2D eigenvalue weighted by Crippen LogP contribution is 2.23. The molecule has 1 amide bonds. The van der Waals surface area contributed by atoms with Crippen LogP contribution in [0.5, 0.6) is 0 Å². The van der Waals surface area contributed by atoms with Crippen molar-refractivity contribution in [2.24, 2.45) is 0 Å². The van der Waals surface area contributed by atoms with E-state index in [9.17, 15) is 13.6 Å². The minimum Gasteiger partial charge on any atom is -0.348 e. The van der Waals surface area contributed by atoms with E-state index in [1.54, 1.807) is 12.1 Å². The quantitative estimate of drug-likeness (QED) is 0.868. The smallest absolute Gasteiger partial charge is 0.251 e. The SMILES string of the molecule is O=C(NCc1ccc(F)c(F)c1)c1ccc(Br)c(Cl)c1. The molecule has 0 aromatic heterocycles. The van der Waals surface area contributed by atoms with Crippen LogP contribution in [0.15, 0.2) is 40.9 Å². The van der Waals surface area contributed by atoms with Gasteiger partial charge in [0.15, 0.2) is 11.6 Å². The fourth-order valence-corrected chi connectivity index (χ4v) is 2.00. The Morgan fingerprint density at radius 2 is 1.90 bits per heavy atom. The highest BCUT2D eigenvalue weighted by Gasteiger charge is 2.08. The summed E-state index contributed by atoms with van der Waals surface area (Å²) in [5, 5.41) is 3.03. The van der Waals surface area contributed by atoms with Gasteiger partial charge in [0.25, 0.3) is 5.91 Å². The van der Waals surface area contributed by atoms with Crippen molar-refractivity contribution in [3.05, 3.63) is 68.7 Å². The van der Waals surface area contributed by atoms with Gasteiger partial charge >= 0.3 is 0 Å². The fourth-order valence-electron chi connectivity index (χ4n) is 1.57. The van der Waals surface area contributed by atoms with E-state index in [1.165, 1.54) is 12.1 Å². The lowest BCUT2D eigenvalue weighted by Crippen LogP contribution is -2.22. The van der Waals surface area contributed by atoms with Gasteiger partial charge in [-0.15, -0.1) is 0 Å². The van der Waals surface area contributed by atoms with Gasteiger partial charge in [0.05, 0.1) is 5.02 Å².